The molecule has 2 aromatic heterocycles. The molecule has 0 fully saturated rings. The van der Waals surface area contributed by atoms with E-state index in [1.165, 1.54) is 12.3 Å². The van der Waals surface area contributed by atoms with Crippen molar-refractivity contribution in [1.29, 1.82) is 0 Å². The number of carboxylic acid groups (broad SMARTS) is 2. The Labute approximate surface area is 117 Å². The lowest BCUT2D eigenvalue weighted by Gasteiger charge is -2.10. The van der Waals surface area contributed by atoms with Gasteiger partial charge in [0, 0.05) is 6.07 Å². The maximum atomic E-state index is 11.8. The minimum absolute atomic E-state index is 0.182. The maximum absolute atomic E-state index is 11.8. The summed E-state index contributed by atoms with van der Waals surface area (Å²) in [5.41, 5.74) is -0.182. The van der Waals surface area contributed by atoms with Gasteiger partial charge in [-0.05, 0) is 12.1 Å². The van der Waals surface area contributed by atoms with Gasteiger partial charge in [-0.3, -0.25) is 9.59 Å². The molecule has 1 atom stereocenters. The summed E-state index contributed by atoms with van der Waals surface area (Å²) in [5, 5.41) is 22.9. The van der Waals surface area contributed by atoms with Gasteiger partial charge in [-0.25, -0.2) is 4.79 Å². The summed E-state index contributed by atoms with van der Waals surface area (Å²) < 4.78 is 9.93. The van der Waals surface area contributed by atoms with E-state index in [2.05, 4.69) is 10.5 Å². The van der Waals surface area contributed by atoms with Crippen LogP contribution in [0.2, 0.25) is 0 Å². The van der Waals surface area contributed by atoms with Gasteiger partial charge in [0.25, 0.3) is 5.91 Å². The molecular weight excluding hydrogens is 284 g/mol. The second-order valence-corrected chi connectivity index (χ2v) is 4.02. The van der Waals surface area contributed by atoms with Crippen LogP contribution in [-0.4, -0.2) is 39.3 Å². The predicted molar refractivity (Wildman–Crippen MR) is 65.3 cm³/mol. The molecule has 0 aliphatic heterocycles. The minimum atomic E-state index is -1.56. The van der Waals surface area contributed by atoms with Crippen molar-refractivity contribution < 1.29 is 33.5 Å². The van der Waals surface area contributed by atoms with E-state index in [0.29, 0.717) is 5.76 Å². The Balaban J connectivity index is 2.09. The predicted octanol–water partition coefficient (Wildman–Crippen LogP) is 0.592. The van der Waals surface area contributed by atoms with E-state index in [1.54, 1.807) is 12.1 Å². The Bertz CT molecular complexity index is 659. The number of carbonyl (C=O) groups excluding carboxylic acids is 1. The van der Waals surface area contributed by atoms with E-state index in [-0.39, 0.29) is 11.5 Å². The van der Waals surface area contributed by atoms with E-state index >= 15 is 0 Å². The molecule has 0 aliphatic carbocycles. The maximum Gasteiger partial charge on any atom is 0.326 e. The van der Waals surface area contributed by atoms with Crippen molar-refractivity contribution in [1.82, 2.24) is 10.5 Å². The van der Waals surface area contributed by atoms with Crippen molar-refractivity contribution in [2.75, 3.05) is 0 Å². The Kier molecular flexibility index (Phi) is 4.02. The highest BCUT2D eigenvalue weighted by Crippen LogP contribution is 2.20. The highest BCUT2D eigenvalue weighted by molar-refractivity contribution is 5.96. The second kappa shape index (κ2) is 5.90. The molecule has 110 valence electrons. The molecule has 1 amide bonds. The van der Waals surface area contributed by atoms with Crippen LogP contribution in [0.25, 0.3) is 11.5 Å². The summed E-state index contributed by atoms with van der Waals surface area (Å²) in [7, 11) is 0. The van der Waals surface area contributed by atoms with Crippen molar-refractivity contribution in [3.8, 4) is 11.5 Å². The van der Waals surface area contributed by atoms with Gasteiger partial charge in [0.05, 0.1) is 12.7 Å². The lowest BCUT2D eigenvalue weighted by molar-refractivity contribution is -0.145. The van der Waals surface area contributed by atoms with Crippen LogP contribution in [0.15, 0.2) is 33.4 Å². The first-order chi connectivity index (χ1) is 9.97. The number of amides is 1. The van der Waals surface area contributed by atoms with E-state index in [4.69, 9.17) is 19.2 Å². The molecule has 0 aliphatic rings. The van der Waals surface area contributed by atoms with Crippen molar-refractivity contribution in [2.24, 2.45) is 0 Å². The van der Waals surface area contributed by atoms with Gasteiger partial charge in [-0.1, -0.05) is 5.16 Å². The fraction of sp³-hybridized carbons (Fsp3) is 0.167. The zero-order valence-corrected chi connectivity index (χ0v) is 10.5. The van der Waals surface area contributed by atoms with Crippen LogP contribution in [0.5, 0.6) is 0 Å². The number of carboxylic acids is 2. The van der Waals surface area contributed by atoms with Crippen molar-refractivity contribution in [3.05, 3.63) is 30.2 Å². The lowest BCUT2D eigenvalue weighted by atomic mass is 10.2. The quantitative estimate of drug-likeness (QED) is 0.702. The Morgan fingerprint density at radius 3 is 2.62 bits per heavy atom. The van der Waals surface area contributed by atoms with Crippen LogP contribution < -0.4 is 5.32 Å². The van der Waals surface area contributed by atoms with Crippen LogP contribution >= 0.6 is 0 Å². The number of nitrogens with zero attached hydrogens (tertiary/aromatic N) is 1. The molecule has 0 radical (unpaired) electrons. The van der Waals surface area contributed by atoms with Gasteiger partial charge in [0.2, 0.25) is 5.76 Å². The first-order valence-corrected chi connectivity index (χ1v) is 5.73. The van der Waals surface area contributed by atoms with E-state index in [1.807, 2.05) is 0 Å². The van der Waals surface area contributed by atoms with Gasteiger partial charge in [0.15, 0.2) is 11.5 Å². The highest BCUT2D eigenvalue weighted by atomic mass is 16.5. The molecule has 0 saturated carbocycles. The highest BCUT2D eigenvalue weighted by Gasteiger charge is 2.25. The number of carbonyl (C=O) groups is 3. The third-order valence-electron chi connectivity index (χ3n) is 2.49. The third kappa shape index (κ3) is 3.47. The molecule has 1 unspecified atom stereocenters. The smallest absolute Gasteiger partial charge is 0.326 e. The summed E-state index contributed by atoms with van der Waals surface area (Å²) in [6, 6.07) is 2.91. The topological polar surface area (TPSA) is 143 Å². The fourth-order valence-electron chi connectivity index (χ4n) is 1.52. The molecule has 0 aromatic carbocycles. The third-order valence-corrected chi connectivity index (χ3v) is 2.49. The summed E-state index contributed by atoms with van der Waals surface area (Å²) in [6.45, 7) is 0. The number of aromatic nitrogens is 1. The standard InChI is InChI=1S/C12H10N2O7/c15-10(16)5-7(12(18)19)13-11(17)6-4-9(21-14-6)8-2-1-3-20-8/h1-4,7H,5H2,(H,13,17)(H,15,16)(H,18,19). The Morgan fingerprint density at radius 2 is 2.05 bits per heavy atom. The summed E-state index contributed by atoms with van der Waals surface area (Å²) in [6.07, 6.45) is 0.662. The average Bonchev–Trinajstić information content (AvgIpc) is 3.08. The second-order valence-electron chi connectivity index (χ2n) is 4.02. The average molecular weight is 294 g/mol. The van der Waals surface area contributed by atoms with Gasteiger partial charge in [-0.2, -0.15) is 0 Å². The zero-order chi connectivity index (χ0) is 15.4. The van der Waals surface area contributed by atoms with Gasteiger partial charge in [0.1, 0.15) is 6.04 Å². The number of furan rings is 1. The lowest BCUT2D eigenvalue weighted by Crippen LogP contribution is -2.42. The molecule has 0 spiro atoms. The molecule has 0 bridgehead atoms. The molecule has 2 rings (SSSR count). The SMILES string of the molecule is O=C(O)CC(NC(=O)c1cc(-c2ccco2)on1)C(=O)O. The van der Waals surface area contributed by atoms with Gasteiger partial charge in [-0.15, -0.1) is 0 Å². The van der Waals surface area contributed by atoms with Crippen molar-refractivity contribution >= 4 is 17.8 Å². The molecule has 2 aromatic rings. The monoisotopic (exact) mass is 294 g/mol. The van der Waals surface area contributed by atoms with Crippen LogP contribution in [0.4, 0.5) is 0 Å². The summed E-state index contributed by atoms with van der Waals surface area (Å²) in [5.74, 6) is -3.12. The molecule has 9 nitrogen and oxygen atoms in total. The van der Waals surface area contributed by atoms with E-state index in [0.717, 1.165) is 0 Å². The van der Waals surface area contributed by atoms with E-state index in [9.17, 15) is 14.4 Å². The number of rotatable bonds is 6. The molecular formula is C12H10N2O7. The van der Waals surface area contributed by atoms with Crippen molar-refractivity contribution in [2.45, 2.75) is 12.5 Å². The first-order valence-electron chi connectivity index (χ1n) is 5.73. The van der Waals surface area contributed by atoms with Crippen LogP contribution in [0.1, 0.15) is 16.9 Å². The molecule has 3 N–H and O–H groups in total. The minimum Gasteiger partial charge on any atom is -0.481 e. The van der Waals surface area contributed by atoms with Crippen LogP contribution in [-0.2, 0) is 9.59 Å². The molecule has 9 heteroatoms. The van der Waals surface area contributed by atoms with E-state index < -0.39 is 30.3 Å². The summed E-state index contributed by atoms with van der Waals surface area (Å²) >= 11 is 0. The van der Waals surface area contributed by atoms with Gasteiger partial charge < -0.3 is 24.5 Å². The number of hydrogen-bond donors (Lipinski definition) is 3. The Morgan fingerprint density at radius 1 is 1.29 bits per heavy atom. The molecule has 2 heterocycles. The van der Waals surface area contributed by atoms with Crippen molar-refractivity contribution in [3.63, 3.8) is 0 Å². The summed E-state index contributed by atoms with van der Waals surface area (Å²) in [4.78, 5) is 33.2. The normalized spacial score (nSPS) is 11.8. The number of hydrogen-bond acceptors (Lipinski definition) is 6. The fourth-order valence-corrected chi connectivity index (χ4v) is 1.52. The molecule has 0 saturated heterocycles. The zero-order valence-electron chi connectivity index (χ0n) is 10.5. The van der Waals surface area contributed by atoms with Crippen LogP contribution in [0, 0.1) is 0 Å². The first kappa shape index (κ1) is 14.3. The number of aliphatic carboxylic acids is 2. The molecule has 21 heavy (non-hydrogen) atoms. The Hall–Kier alpha value is -3.10. The van der Waals surface area contributed by atoms with Gasteiger partial charge >= 0.3 is 11.9 Å². The largest absolute Gasteiger partial charge is 0.481 e. The number of nitrogens with one attached hydrogen (secondary N) is 1. The van der Waals surface area contributed by atoms with Crippen LogP contribution in [0.3, 0.4) is 0 Å².